The van der Waals surface area contributed by atoms with Crippen molar-refractivity contribution in [3.63, 3.8) is 0 Å². The molecular weight excluding hydrogens is 332 g/mol. The van der Waals surface area contributed by atoms with Crippen LogP contribution in [0, 0.1) is 25.5 Å². The maximum Gasteiger partial charge on any atom is 0.250 e. The van der Waals surface area contributed by atoms with E-state index < -0.39 is 17.5 Å². The van der Waals surface area contributed by atoms with E-state index in [1.165, 1.54) is 23.5 Å². The van der Waals surface area contributed by atoms with Crippen LogP contribution in [-0.2, 0) is 6.54 Å². The molecule has 0 atom stereocenters. The summed E-state index contributed by atoms with van der Waals surface area (Å²) in [5, 5.41) is 2.75. The summed E-state index contributed by atoms with van der Waals surface area (Å²) in [6.45, 7) is 3.77. The van der Waals surface area contributed by atoms with Gasteiger partial charge in [0.05, 0.1) is 28.5 Å². The van der Waals surface area contributed by atoms with Gasteiger partial charge >= 0.3 is 0 Å². The highest BCUT2D eigenvalue weighted by atomic mass is 32.1. The Morgan fingerprint density at radius 1 is 1.29 bits per heavy atom. The lowest BCUT2D eigenvalue weighted by molar-refractivity contribution is 0.0999. The highest BCUT2D eigenvalue weighted by Gasteiger charge is 2.19. The van der Waals surface area contributed by atoms with Crippen molar-refractivity contribution in [1.82, 2.24) is 9.55 Å². The largest absolute Gasteiger partial charge is 0.366 e. The summed E-state index contributed by atoms with van der Waals surface area (Å²) in [4.78, 5) is 16.1. The van der Waals surface area contributed by atoms with Crippen LogP contribution in [0.15, 0.2) is 29.6 Å². The first-order chi connectivity index (χ1) is 11.4. The van der Waals surface area contributed by atoms with Gasteiger partial charge in [-0.2, -0.15) is 0 Å². The molecule has 0 spiro atoms. The van der Waals surface area contributed by atoms with E-state index in [0.29, 0.717) is 28.2 Å². The zero-order valence-corrected chi connectivity index (χ0v) is 14.0. The zero-order chi connectivity index (χ0) is 17.4. The molecule has 0 radical (unpaired) electrons. The number of hydrogen-bond donors (Lipinski definition) is 1. The Morgan fingerprint density at radius 3 is 2.62 bits per heavy atom. The number of rotatable bonds is 4. The molecular formula is C17H15F2N3OS. The summed E-state index contributed by atoms with van der Waals surface area (Å²) in [6.07, 6.45) is 0. The second-order valence-electron chi connectivity index (χ2n) is 5.47. The summed E-state index contributed by atoms with van der Waals surface area (Å²) in [5.74, 6) is -1.82. The molecule has 1 amide bonds. The van der Waals surface area contributed by atoms with Gasteiger partial charge in [-0.3, -0.25) is 4.79 Å². The summed E-state index contributed by atoms with van der Waals surface area (Å²) < 4.78 is 28.9. The van der Waals surface area contributed by atoms with Gasteiger partial charge in [0.2, 0.25) is 0 Å². The first kappa shape index (κ1) is 16.3. The fourth-order valence-electron chi connectivity index (χ4n) is 2.61. The lowest BCUT2D eigenvalue weighted by Crippen LogP contribution is -2.13. The first-order valence-electron chi connectivity index (χ1n) is 7.23. The number of benzene rings is 1. The molecule has 4 nitrogen and oxygen atoms in total. The SMILES string of the molecule is Cc1nc(-c2cc(C(N)=O)c(C)n2Cc2ccc(F)cc2F)cs1. The zero-order valence-electron chi connectivity index (χ0n) is 13.1. The number of primary amides is 1. The molecule has 2 N–H and O–H groups in total. The molecule has 0 unspecified atom stereocenters. The summed E-state index contributed by atoms with van der Waals surface area (Å²) in [5.41, 5.74) is 8.09. The Bertz CT molecular complexity index is 930. The number of amides is 1. The monoisotopic (exact) mass is 347 g/mol. The average Bonchev–Trinajstić information content (AvgIpc) is 3.06. The van der Waals surface area contributed by atoms with E-state index in [1.807, 2.05) is 12.3 Å². The van der Waals surface area contributed by atoms with Crippen molar-refractivity contribution >= 4 is 17.2 Å². The van der Waals surface area contributed by atoms with Gasteiger partial charge in [-0.15, -0.1) is 11.3 Å². The van der Waals surface area contributed by atoms with E-state index in [-0.39, 0.29) is 6.54 Å². The molecule has 124 valence electrons. The third-order valence-electron chi connectivity index (χ3n) is 3.86. The molecule has 0 aliphatic heterocycles. The van der Waals surface area contributed by atoms with Crippen LogP contribution in [-0.4, -0.2) is 15.5 Å². The second-order valence-corrected chi connectivity index (χ2v) is 6.53. The van der Waals surface area contributed by atoms with Crippen LogP contribution in [0.4, 0.5) is 8.78 Å². The molecule has 3 aromatic rings. The molecule has 2 heterocycles. The van der Waals surface area contributed by atoms with Crippen LogP contribution in [0.2, 0.25) is 0 Å². The predicted octanol–water partition coefficient (Wildman–Crippen LogP) is 3.65. The standard InChI is InChI=1S/C17H15F2N3OS/c1-9-13(17(20)23)6-16(15-8-24-10(2)21-15)22(9)7-11-3-4-12(18)5-14(11)19/h3-6,8H,7H2,1-2H3,(H2,20,23). The number of nitrogens with two attached hydrogens (primary N) is 1. The predicted molar refractivity (Wildman–Crippen MR) is 89.0 cm³/mol. The fraction of sp³-hybridized carbons (Fsp3) is 0.176. The van der Waals surface area contributed by atoms with E-state index >= 15 is 0 Å². The summed E-state index contributed by atoms with van der Waals surface area (Å²) in [6, 6.07) is 5.10. The molecule has 7 heteroatoms. The van der Waals surface area contributed by atoms with Gasteiger partial charge in [0.1, 0.15) is 11.6 Å². The lowest BCUT2D eigenvalue weighted by Gasteiger charge is -2.12. The second kappa shape index (κ2) is 6.16. The highest BCUT2D eigenvalue weighted by molar-refractivity contribution is 7.09. The van der Waals surface area contributed by atoms with Crippen LogP contribution in [0.25, 0.3) is 11.4 Å². The van der Waals surface area contributed by atoms with E-state index in [2.05, 4.69) is 4.98 Å². The molecule has 24 heavy (non-hydrogen) atoms. The smallest absolute Gasteiger partial charge is 0.250 e. The molecule has 0 aliphatic carbocycles. The minimum Gasteiger partial charge on any atom is -0.366 e. The van der Waals surface area contributed by atoms with E-state index in [1.54, 1.807) is 17.6 Å². The third kappa shape index (κ3) is 2.94. The summed E-state index contributed by atoms with van der Waals surface area (Å²) >= 11 is 1.48. The van der Waals surface area contributed by atoms with Crippen molar-refractivity contribution in [3.05, 3.63) is 63.1 Å². The van der Waals surface area contributed by atoms with Crippen molar-refractivity contribution in [3.8, 4) is 11.4 Å². The van der Waals surface area contributed by atoms with E-state index in [0.717, 1.165) is 11.1 Å². The van der Waals surface area contributed by atoms with Gasteiger partial charge in [0, 0.05) is 22.7 Å². The van der Waals surface area contributed by atoms with Gasteiger partial charge in [-0.05, 0) is 26.0 Å². The molecule has 0 aliphatic rings. The molecule has 0 saturated heterocycles. The average molecular weight is 347 g/mol. The Morgan fingerprint density at radius 2 is 2.04 bits per heavy atom. The van der Waals surface area contributed by atoms with Gasteiger partial charge in [-0.25, -0.2) is 13.8 Å². The molecule has 0 fully saturated rings. The van der Waals surface area contributed by atoms with E-state index in [4.69, 9.17) is 5.73 Å². The number of carbonyl (C=O) groups excluding carboxylic acids is 1. The quantitative estimate of drug-likeness (QED) is 0.783. The molecule has 0 saturated carbocycles. The number of thiazole rings is 1. The van der Waals surface area contributed by atoms with E-state index in [9.17, 15) is 13.6 Å². The lowest BCUT2D eigenvalue weighted by atomic mass is 10.2. The Balaban J connectivity index is 2.13. The highest BCUT2D eigenvalue weighted by Crippen LogP contribution is 2.28. The summed E-state index contributed by atoms with van der Waals surface area (Å²) in [7, 11) is 0. The minimum atomic E-state index is -0.635. The van der Waals surface area contributed by atoms with Crippen LogP contribution >= 0.6 is 11.3 Å². The number of aromatic nitrogens is 2. The van der Waals surface area contributed by atoms with Crippen LogP contribution in [0.5, 0.6) is 0 Å². The van der Waals surface area contributed by atoms with Crippen LogP contribution < -0.4 is 5.73 Å². The maximum absolute atomic E-state index is 14.0. The van der Waals surface area contributed by atoms with Gasteiger partial charge in [0.15, 0.2) is 0 Å². The van der Waals surface area contributed by atoms with Crippen molar-refractivity contribution < 1.29 is 13.6 Å². The van der Waals surface area contributed by atoms with Gasteiger partial charge < -0.3 is 10.3 Å². The molecule has 3 rings (SSSR count). The fourth-order valence-corrected chi connectivity index (χ4v) is 3.22. The first-order valence-corrected chi connectivity index (χ1v) is 8.11. The van der Waals surface area contributed by atoms with Crippen molar-refractivity contribution in [2.75, 3.05) is 0 Å². The number of halogens is 2. The molecule has 0 bridgehead atoms. The normalized spacial score (nSPS) is 11.0. The Hall–Kier alpha value is -2.54. The third-order valence-corrected chi connectivity index (χ3v) is 4.63. The van der Waals surface area contributed by atoms with Crippen LogP contribution in [0.3, 0.4) is 0 Å². The van der Waals surface area contributed by atoms with Crippen LogP contribution in [0.1, 0.15) is 26.6 Å². The van der Waals surface area contributed by atoms with Crippen molar-refractivity contribution in [1.29, 1.82) is 0 Å². The minimum absolute atomic E-state index is 0.150. The van der Waals surface area contributed by atoms with Gasteiger partial charge in [-0.1, -0.05) is 6.07 Å². The number of carbonyl (C=O) groups is 1. The topological polar surface area (TPSA) is 60.9 Å². The van der Waals surface area contributed by atoms with Crippen molar-refractivity contribution in [2.24, 2.45) is 5.73 Å². The molecule has 1 aromatic carbocycles. The maximum atomic E-state index is 14.0. The number of hydrogen-bond acceptors (Lipinski definition) is 3. The number of nitrogens with zero attached hydrogens (tertiary/aromatic N) is 2. The Labute approximate surface area is 141 Å². The Kier molecular flexibility index (Phi) is 4.19. The molecule has 2 aromatic heterocycles. The van der Waals surface area contributed by atoms with Gasteiger partial charge in [0.25, 0.3) is 5.91 Å². The van der Waals surface area contributed by atoms with Crippen molar-refractivity contribution in [2.45, 2.75) is 20.4 Å². The number of aryl methyl sites for hydroxylation is 1.